The molecule has 0 aliphatic carbocycles. The fourth-order valence-corrected chi connectivity index (χ4v) is 3.64. The Labute approximate surface area is 154 Å². The Morgan fingerprint density at radius 1 is 1.31 bits per heavy atom. The summed E-state index contributed by atoms with van der Waals surface area (Å²) in [5, 5.41) is 4.21. The van der Waals surface area contributed by atoms with Gasteiger partial charge in [0, 0.05) is 50.9 Å². The largest absolute Gasteiger partial charge is 0.343 e. The van der Waals surface area contributed by atoms with Crippen LogP contribution in [-0.2, 0) is 11.3 Å². The molecule has 1 atom stereocenters. The predicted molar refractivity (Wildman–Crippen MR) is 103 cm³/mol. The summed E-state index contributed by atoms with van der Waals surface area (Å²) in [5.41, 5.74) is 2.38. The third-order valence-corrected chi connectivity index (χ3v) is 5.06. The first kappa shape index (κ1) is 18.3. The molecule has 1 aliphatic heterocycles. The van der Waals surface area contributed by atoms with Crippen LogP contribution in [0.25, 0.3) is 10.9 Å². The summed E-state index contributed by atoms with van der Waals surface area (Å²) in [6.45, 7) is 6.89. The zero-order valence-corrected chi connectivity index (χ0v) is 15.9. The number of aryl methyl sites for hydroxylation is 1. The molecule has 1 aromatic carbocycles. The van der Waals surface area contributed by atoms with Crippen molar-refractivity contribution in [3.63, 3.8) is 0 Å². The highest BCUT2D eigenvalue weighted by atomic mass is 16.2. The van der Waals surface area contributed by atoms with Crippen molar-refractivity contribution in [3.05, 3.63) is 36.0 Å². The van der Waals surface area contributed by atoms with E-state index >= 15 is 0 Å². The van der Waals surface area contributed by atoms with Crippen molar-refractivity contribution in [2.75, 3.05) is 26.7 Å². The second kappa shape index (κ2) is 7.81. The van der Waals surface area contributed by atoms with E-state index in [1.165, 1.54) is 16.6 Å². The highest BCUT2D eigenvalue weighted by Crippen LogP contribution is 2.19. The topological polar surface area (TPSA) is 57.6 Å². The van der Waals surface area contributed by atoms with Gasteiger partial charge in [-0.15, -0.1) is 0 Å². The van der Waals surface area contributed by atoms with Gasteiger partial charge in [-0.05, 0) is 30.9 Å². The second-order valence-electron chi connectivity index (χ2n) is 7.11. The van der Waals surface area contributed by atoms with Gasteiger partial charge in [0.05, 0.1) is 6.04 Å². The van der Waals surface area contributed by atoms with Crippen LogP contribution >= 0.6 is 0 Å². The molecule has 0 unspecified atom stereocenters. The lowest BCUT2D eigenvalue weighted by Gasteiger charge is -2.22. The number of carbonyl (C=O) groups is 2. The van der Waals surface area contributed by atoms with E-state index in [-0.39, 0.29) is 18.0 Å². The molecule has 6 nitrogen and oxygen atoms in total. The summed E-state index contributed by atoms with van der Waals surface area (Å²) in [4.78, 5) is 27.9. The van der Waals surface area contributed by atoms with Crippen LogP contribution in [0, 0.1) is 6.92 Å². The SMILES string of the molecule is CCCN1C[C@@H](NC(=O)N(C)CCn2c(C)cc3ccccc32)CC1=O. The van der Waals surface area contributed by atoms with E-state index in [1.807, 2.05) is 17.0 Å². The molecule has 0 bridgehead atoms. The smallest absolute Gasteiger partial charge is 0.317 e. The molecule has 0 radical (unpaired) electrons. The molecule has 0 saturated carbocycles. The summed E-state index contributed by atoms with van der Waals surface area (Å²) < 4.78 is 2.24. The molecule has 26 heavy (non-hydrogen) atoms. The van der Waals surface area contributed by atoms with Gasteiger partial charge in [0.1, 0.15) is 0 Å². The molecule has 3 amide bonds. The quantitative estimate of drug-likeness (QED) is 0.865. The van der Waals surface area contributed by atoms with Crippen LogP contribution in [-0.4, -0.2) is 59.0 Å². The maximum atomic E-state index is 12.5. The van der Waals surface area contributed by atoms with Crippen molar-refractivity contribution >= 4 is 22.8 Å². The predicted octanol–water partition coefficient (Wildman–Crippen LogP) is 2.60. The Morgan fingerprint density at radius 3 is 2.85 bits per heavy atom. The fourth-order valence-electron chi connectivity index (χ4n) is 3.64. The lowest BCUT2D eigenvalue weighted by atomic mass is 10.2. The lowest BCUT2D eigenvalue weighted by molar-refractivity contribution is -0.127. The van der Waals surface area contributed by atoms with Gasteiger partial charge in [-0.2, -0.15) is 0 Å². The van der Waals surface area contributed by atoms with E-state index in [9.17, 15) is 9.59 Å². The summed E-state index contributed by atoms with van der Waals surface area (Å²) in [7, 11) is 1.80. The molecule has 2 aromatic rings. The molecule has 1 saturated heterocycles. The Bertz CT molecular complexity index is 798. The molecule has 1 aromatic heterocycles. The summed E-state index contributed by atoms with van der Waals surface area (Å²) in [6, 6.07) is 10.3. The van der Waals surface area contributed by atoms with Crippen LogP contribution in [0.1, 0.15) is 25.5 Å². The number of rotatable bonds is 6. The van der Waals surface area contributed by atoms with Crippen molar-refractivity contribution in [2.24, 2.45) is 0 Å². The van der Waals surface area contributed by atoms with E-state index in [4.69, 9.17) is 0 Å². The number of amides is 3. The molecule has 0 spiro atoms. The van der Waals surface area contributed by atoms with Crippen LogP contribution in [0.15, 0.2) is 30.3 Å². The number of para-hydroxylation sites is 1. The number of fused-ring (bicyclic) bond motifs is 1. The van der Waals surface area contributed by atoms with Gasteiger partial charge in [-0.25, -0.2) is 4.79 Å². The molecule has 1 fully saturated rings. The monoisotopic (exact) mass is 356 g/mol. The van der Waals surface area contributed by atoms with Crippen LogP contribution in [0.2, 0.25) is 0 Å². The number of aromatic nitrogens is 1. The van der Waals surface area contributed by atoms with Gasteiger partial charge in [0.25, 0.3) is 0 Å². The molecule has 1 aliphatic rings. The van der Waals surface area contributed by atoms with Gasteiger partial charge in [0.15, 0.2) is 0 Å². The van der Waals surface area contributed by atoms with Crippen molar-refractivity contribution in [3.8, 4) is 0 Å². The molecular weight excluding hydrogens is 328 g/mol. The number of nitrogens with zero attached hydrogens (tertiary/aromatic N) is 3. The summed E-state index contributed by atoms with van der Waals surface area (Å²) >= 11 is 0. The van der Waals surface area contributed by atoms with Crippen molar-refractivity contribution in [1.29, 1.82) is 0 Å². The van der Waals surface area contributed by atoms with Gasteiger partial charge in [0.2, 0.25) is 5.91 Å². The first-order valence-electron chi connectivity index (χ1n) is 9.34. The molecular formula is C20H28N4O2. The minimum Gasteiger partial charge on any atom is -0.343 e. The summed E-state index contributed by atoms with van der Waals surface area (Å²) in [6.07, 6.45) is 1.34. The van der Waals surface area contributed by atoms with Crippen LogP contribution < -0.4 is 5.32 Å². The second-order valence-corrected chi connectivity index (χ2v) is 7.11. The highest BCUT2D eigenvalue weighted by Gasteiger charge is 2.30. The van der Waals surface area contributed by atoms with E-state index in [0.29, 0.717) is 19.5 Å². The number of nitrogens with one attached hydrogen (secondary N) is 1. The van der Waals surface area contributed by atoms with E-state index in [2.05, 4.69) is 41.9 Å². The molecule has 3 rings (SSSR count). The fraction of sp³-hybridized carbons (Fsp3) is 0.500. The van der Waals surface area contributed by atoms with Crippen molar-refractivity contribution in [1.82, 2.24) is 19.7 Å². The van der Waals surface area contributed by atoms with Crippen LogP contribution in [0.4, 0.5) is 4.79 Å². The van der Waals surface area contributed by atoms with Crippen molar-refractivity contribution < 1.29 is 9.59 Å². The minimum absolute atomic E-state index is 0.0851. The maximum Gasteiger partial charge on any atom is 0.317 e. The highest BCUT2D eigenvalue weighted by molar-refractivity contribution is 5.82. The normalized spacial score (nSPS) is 17.1. The zero-order chi connectivity index (χ0) is 18.7. The Balaban J connectivity index is 1.55. The van der Waals surface area contributed by atoms with Crippen LogP contribution in [0.3, 0.4) is 0 Å². The molecule has 6 heteroatoms. The van der Waals surface area contributed by atoms with Gasteiger partial charge in [-0.3, -0.25) is 4.79 Å². The number of hydrogen-bond donors (Lipinski definition) is 1. The first-order chi connectivity index (χ1) is 12.5. The minimum atomic E-state index is -0.115. The third-order valence-electron chi connectivity index (χ3n) is 5.06. The average molecular weight is 356 g/mol. The average Bonchev–Trinajstić information content (AvgIpc) is 3.12. The standard InChI is InChI=1S/C20H28N4O2/c1-4-9-23-14-17(13-19(23)25)21-20(26)22(3)10-11-24-15(2)12-16-7-5-6-8-18(16)24/h5-8,12,17H,4,9-11,13-14H2,1-3H3,(H,21,26)/t17-/m0/s1. The Hall–Kier alpha value is -2.50. The number of urea groups is 1. The molecule has 140 valence electrons. The maximum absolute atomic E-state index is 12.5. The van der Waals surface area contributed by atoms with E-state index in [0.717, 1.165) is 19.5 Å². The molecule has 2 heterocycles. The number of benzene rings is 1. The number of likely N-dealkylation sites (tertiary alicyclic amines) is 1. The lowest BCUT2D eigenvalue weighted by Crippen LogP contribution is -2.45. The molecule has 1 N–H and O–H groups in total. The van der Waals surface area contributed by atoms with Gasteiger partial charge >= 0.3 is 6.03 Å². The zero-order valence-electron chi connectivity index (χ0n) is 15.9. The van der Waals surface area contributed by atoms with Crippen LogP contribution in [0.5, 0.6) is 0 Å². The Kier molecular flexibility index (Phi) is 5.49. The number of likely N-dealkylation sites (N-methyl/N-ethyl adjacent to an activating group) is 1. The Morgan fingerprint density at radius 2 is 2.08 bits per heavy atom. The van der Waals surface area contributed by atoms with Gasteiger partial charge < -0.3 is 19.7 Å². The summed E-state index contributed by atoms with van der Waals surface area (Å²) in [5.74, 6) is 0.134. The van der Waals surface area contributed by atoms with E-state index < -0.39 is 0 Å². The van der Waals surface area contributed by atoms with E-state index in [1.54, 1.807) is 11.9 Å². The van der Waals surface area contributed by atoms with Crippen molar-refractivity contribution in [2.45, 2.75) is 39.3 Å². The number of hydrogen-bond acceptors (Lipinski definition) is 2. The van der Waals surface area contributed by atoms with Gasteiger partial charge in [-0.1, -0.05) is 25.1 Å². The first-order valence-corrected chi connectivity index (χ1v) is 9.34. The third kappa shape index (κ3) is 3.84. The number of carbonyl (C=O) groups excluding carboxylic acids is 2.